The maximum atomic E-state index is 12.2. The molecule has 0 unspecified atom stereocenters. The van der Waals surface area contributed by atoms with E-state index < -0.39 is 17.4 Å². The molecule has 0 fully saturated rings. The Balaban J connectivity index is 2.32. The van der Waals surface area contributed by atoms with Gasteiger partial charge >= 0.3 is 0 Å². The van der Waals surface area contributed by atoms with Crippen molar-refractivity contribution < 1.29 is 9.59 Å². The summed E-state index contributed by atoms with van der Waals surface area (Å²) in [5.41, 5.74) is 5.63. The van der Waals surface area contributed by atoms with Gasteiger partial charge in [0.15, 0.2) is 0 Å². The number of nitrogens with zero attached hydrogens (tertiary/aromatic N) is 1. The quantitative estimate of drug-likeness (QED) is 0.779. The fourth-order valence-electron chi connectivity index (χ4n) is 2.17. The Morgan fingerprint density at radius 3 is 2.38 bits per heavy atom. The number of imide groups is 1. The lowest BCUT2D eigenvalue weighted by Gasteiger charge is -2.12. The lowest BCUT2D eigenvalue weighted by atomic mass is 10.1. The largest absolute Gasteiger partial charge is 0.384 e. The number of nitrogens with one attached hydrogen (secondary N) is 1. The molecular formula is C13H7Cl2N3O3. The normalized spacial score (nSPS) is 13.2. The SMILES string of the molecule is Nc1c2c(cc(=O)n1-c1ccc(Cl)c(Cl)c1)C(=O)NC2=O. The Morgan fingerprint density at radius 1 is 1.00 bits per heavy atom. The topological polar surface area (TPSA) is 94.2 Å². The second-order valence-corrected chi connectivity index (χ2v) is 5.19. The molecule has 0 saturated heterocycles. The van der Waals surface area contributed by atoms with Gasteiger partial charge in [-0.1, -0.05) is 23.2 Å². The van der Waals surface area contributed by atoms with Gasteiger partial charge in [0.1, 0.15) is 5.82 Å². The fourth-order valence-corrected chi connectivity index (χ4v) is 2.46. The zero-order chi connectivity index (χ0) is 15.3. The van der Waals surface area contributed by atoms with Crippen molar-refractivity contribution in [1.29, 1.82) is 0 Å². The standard InChI is InChI=1S/C13H7Cl2N3O3/c14-7-2-1-5(3-8(7)15)18-9(19)4-6-10(11(18)16)13(21)17-12(6)20/h1-4H,16H2,(H,17,20,21). The van der Waals surface area contributed by atoms with Crippen molar-refractivity contribution in [3.05, 3.63) is 55.8 Å². The molecule has 8 heteroatoms. The van der Waals surface area contributed by atoms with Crippen molar-refractivity contribution in [2.45, 2.75) is 0 Å². The average molecular weight is 324 g/mol. The number of halogens is 2. The highest BCUT2D eigenvalue weighted by Gasteiger charge is 2.31. The number of aromatic nitrogens is 1. The summed E-state index contributed by atoms with van der Waals surface area (Å²) in [5, 5.41) is 2.65. The van der Waals surface area contributed by atoms with Gasteiger partial charge in [0, 0.05) is 6.07 Å². The third-order valence-corrected chi connectivity index (χ3v) is 3.85. The summed E-state index contributed by atoms with van der Waals surface area (Å²) in [6.45, 7) is 0. The number of pyridine rings is 1. The van der Waals surface area contributed by atoms with E-state index in [-0.39, 0.29) is 22.0 Å². The van der Waals surface area contributed by atoms with Crippen LogP contribution >= 0.6 is 23.2 Å². The maximum Gasteiger partial charge on any atom is 0.262 e. The van der Waals surface area contributed by atoms with Crippen molar-refractivity contribution in [3.8, 4) is 5.69 Å². The van der Waals surface area contributed by atoms with E-state index in [1.165, 1.54) is 18.2 Å². The molecule has 1 aliphatic rings. The molecule has 21 heavy (non-hydrogen) atoms. The van der Waals surface area contributed by atoms with E-state index in [0.29, 0.717) is 10.7 Å². The van der Waals surface area contributed by atoms with Gasteiger partial charge in [-0.25, -0.2) is 0 Å². The zero-order valence-corrected chi connectivity index (χ0v) is 11.8. The predicted molar refractivity (Wildman–Crippen MR) is 78.3 cm³/mol. The van der Waals surface area contributed by atoms with Crippen LogP contribution in [0.25, 0.3) is 5.69 Å². The lowest BCUT2D eigenvalue weighted by Crippen LogP contribution is -2.24. The highest BCUT2D eigenvalue weighted by Crippen LogP contribution is 2.27. The monoisotopic (exact) mass is 323 g/mol. The molecule has 1 aromatic carbocycles. The van der Waals surface area contributed by atoms with Gasteiger partial charge < -0.3 is 5.73 Å². The number of benzene rings is 1. The smallest absolute Gasteiger partial charge is 0.262 e. The molecule has 0 saturated carbocycles. The summed E-state index contributed by atoms with van der Waals surface area (Å²) >= 11 is 11.7. The molecule has 0 aliphatic carbocycles. The first-order chi connectivity index (χ1) is 9.90. The van der Waals surface area contributed by atoms with Gasteiger partial charge in [-0.2, -0.15) is 0 Å². The lowest BCUT2D eigenvalue weighted by molar-refractivity contribution is 0.0880. The van der Waals surface area contributed by atoms with Crippen LogP contribution in [0, 0.1) is 0 Å². The van der Waals surface area contributed by atoms with Crippen LogP contribution in [0.5, 0.6) is 0 Å². The van der Waals surface area contributed by atoms with Crippen molar-refractivity contribution in [1.82, 2.24) is 9.88 Å². The minimum Gasteiger partial charge on any atom is -0.384 e. The number of nitrogens with two attached hydrogens (primary N) is 1. The predicted octanol–water partition coefficient (Wildman–Crippen LogP) is 1.61. The molecular weight excluding hydrogens is 317 g/mol. The Bertz CT molecular complexity index is 874. The number of nitrogen functional groups attached to an aromatic ring is 1. The van der Waals surface area contributed by atoms with E-state index in [0.717, 1.165) is 10.6 Å². The van der Waals surface area contributed by atoms with E-state index >= 15 is 0 Å². The highest BCUT2D eigenvalue weighted by atomic mass is 35.5. The van der Waals surface area contributed by atoms with Crippen LogP contribution in [0.2, 0.25) is 10.0 Å². The number of hydrogen-bond donors (Lipinski definition) is 2. The first-order valence-electron chi connectivity index (χ1n) is 5.77. The van der Waals surface area contributed by atoms with E-state index in [1.807, 2.05) is 0 Å². The second kappa shape index (κ2) is 4.61. The first kappa shape index (κ1) is 13.7. The minimum atomic E-state index is -0.639. The number of carbonyl (C=O) groups excluding carboxylic acids is 2. The number of carbonyl (C=O) groups is 2. The number of amides is 2. The summed E-state index contributed by atoms with van der Waals surface area (Å²) < 4.78 is 1.10. The minimum absolute atomic E-state index is 0.0225. The van der Waals surface area contributed by atoms with Gasteiger partial charge in [0.2, 0.25) is 0 Å². The number of hydrogen-bond acceptors (Lipinski definition) is 4. The molecule has 2 heterocycles. The summed E-state index contributed by atoms with van der Waals surface area (Å²) in [6, 6.07) is 5.55. The maximum absolute atomic E-state index is 12.2. The number of rotatable bonds is 1. The molecule has 1 aromatic heterocycles. The third kappa shape index (κ3) is 2.00. The first-order valence-corrected chi connectivity index (χ1v) is 6.52. The molecule has 0 bridgehead atoms. The third-order valence-electron chi connectivity index (χ3n) is 3.11. The fraction of sp³-hybridized carbons (Fsp3) is 0. The van der Waals surface area contributed by atoms with Crippen LogP contribution in [0.15, 0.2) is 29.1 Å². The van der Waals surface area contributed by atoms with E-state index in [4.69, 9.17) is 28.9 Å². The van der Waals surface area contributed by atoms with Crippen molar-refractivity contribution >= 4 is 40.8 Å². The van der Waals surface area contributed by atoms with Gasteiger partial charge in [-0.3, -0.25) is 24.3 Å². The molecule has 0 spiro atoms. The van der Waals surface area contributed by atoms with Crippen LogP contribution in [-0.2, 0) is 0 Å². The molecule has 0 radical (unpaired) electrons. The number of fused-ring (bicyclic) bond motifs is 1. The Morgan fingerprint density at radius 2 is 1.71 bits per heavy atom. The summed E-state index contributed by atoms with van der Waals surface area (Å²) in [5.74, 6) is -1.40. The molecule has 0 atom stereocenters. The van der Waals surface area contributed by atoms with Gasteiger partial charge in [0.05, 0.1) is 26.9 Å². The zero-order valence-electron chi connectivity index (χ0n) is 10.3. The molecule has 2 amide bonds. The summed E-state index contributed by atoms with van der Waals surface area (Å²) in [4.78, 5) is 35.5. The second-order valence-electron chi connectivity index (χ2n) is 4.37. The van der Waals surface area contributed by atoms with E-state index in [9.17, 15) is 14.4 Å². The van der Waals surface area contributed by atoms with Crippen LogP contribution in [0.4, 0.5) is 5.82 Å². The molecule has 106 valence electrons. The van der Waals surface area contributed by atoms with Gasteiger partial charge in [0.25, 0.3) is 17.4 Å². The van der Waals surface area contributed by atoms with Crippen LogP contribution in [-0.4, -0.2) is 16.4 Å². The Hall–Kier alpha value is -2.31. The van der Waals surface area contributed by atoms with Crippen molar-refractivity contribution in [2.24, 2.45) is 0 Å². The van der Waals surface area contributed by atoms with E-state index in [1.54, 1.807) is 0 Å². The van der Waals surface area contributed by atoms with Crippen LogP contribution in [0.3, 0.4) is 0 Å². The molecule has 1 aliphatic heterocycles. The Kier molecular flexibility index (Phi) is 3.00. The number of anilines is 1. The average Bonchev–Trinajstić information content (AvgIpc) is 2.69. The highest BCUT2D eigenvalue weighted by molar-refractivity contribution is 6.42. The molecule has 3 N–H and O–H groups in total. The van der Waals surface area contributed by atoms with Crippen LogP contribution in [0.1, 0.15) is 20.7 Å². The van der Waals surface area contributed by atoms with Crippen molar-refractivity contribution in [3.63, 3.8) is 0 Å². The molecule has 3 rings (SSSR count). The molecule has 2 aromatic rings. The molecule has 6 nitrogen and oxygen atoms in total. The summed E-state index contributed by atoms with van der Waals surface area (Å²) in [6.07, 6.45) is 0. The van der Waals surface area contributed by atoms with Gasteiger partial charge in [-0.15, -0.1) is 0 Å². The van der Waals surface area contributed by atoms with Crippen molar-refractivity contribution in [2.75, 3.05) is 5.73 Å². The van der Waals surface area contributed by atoms with Gasteiger partial charge in [-0.05, 0) is 18.2 Å². The summed E-state index contributed by atoms with van der Waals surface area (Å²) in [7, 11) is 0. The van der Waals surface area contributed by atoms with Crippen LogP contribution < -0.4 is 16.6 Å². The van der Waals surface area contributed by atoms with E-state index in [2.05, 4.69) is 5.32 Å². The Labute approximate surface area is 128 Å².